The van der Waals surface area contributed by atoms with Crippen LogP contribution in [0.4, 0.5) is 0 Å². The quantitative estimate of drug-likeness (QED) is 0.377. The van der Waals surface area contributed by atoms with Gasteiger partial charge in [-0.15, -0.1) is 0 Å². The molecule has 0 fully saturated rings. The minimum atomic E-state index is -2.54. The largest absolute Gasteiger partial charge is 0.477 e. The summed E-state index contributed by atoms with van der Waals surface area (Å²) >= 11 is 0. The number of hydrogen-bond donors (Lipinski definition) is 3. The molecule has 0 unspecified atom stereocenters. The minimum Gasteiger partial charge on any atom is -0.477 e. The molecule has 0 aliphatic carbocycles. The Morgan fingerprint density at radius 2 is 1.32 bits per heavy atom. The number of aliphatic carboxylic acids is 1. The Morgan fingerprint density at radius 3 is 1.74 bits per heavy atom. The van der Waals surface area contributed by atoms with E-state index in [1.54, 1.807) is 0 Å². The Bertz CT molecular complexity index is 236. The second kappa shape index (κ2) is 10.2. The third-order valence-electron chi connectivity index (χ3n) is 3.40. The first-order valence-corrected chi connectivity index (χ1v) is 7.54. The SMILES string of the molecule is CC(C)CCCCCCCCCCC(O)(O)C(=O)O. The highest BCUT2D eigenvalue weighted by Gasteiger charge is 2.31. The van der Waals surface area contributed by atoms with Crippen LogP contribution in [0, 0.1) is 5.92 Å². The molecule has 0 aromatic rings. The monoisotopic (exact) mass is 274 g/mol. The van der Waals surface area contributed by atoms with Crippen molar-refractivity contribution in [3.05, 3.63) is 0 Å². The van der Waals surface area contributed by atoms with Crippen LogP contribution < -0.4 is 0 Å². The molecule has 0 aliphatic rings. The molecule has 0 bridgehead atoms. The second-order valence-corrected chi connectivity index (χ2v) is 5.88. The maximum atomic E-state index is 10.4. The van der Waals surface area contributed by atoms with Crippen molar-refractivity contribution in [1.29, 1.82) is 0 Å². The van der Waals surface area contributed by atoms with E-state index in [9.17, 15) is 4.79 Å². The normalized spacial score (nSPS) is 12.1. The zero-order valence-electron chi connectivity index (χ0n) is 12.4. The number of rotatable bonds is 12. The summed E-state index contributed by atoms with van der Waals surface area (Å²) in [5.74, 6) is -3.30. The topological polar surface area (TPSA) is 77.8 Å². The van der Waals surface area contributed by atoms with E-state index in [-0.39, 0.29) is 6.42 Å². The lowest BCUT2D eigenvalue weighted by atomic mass is 10.0. The van der Waals surface area contributed by atoms with Crippen LogP contribution in [0.25, 0.3) is 0 Å². The van der Waals surface area contributed by atoms with E-state index in [2.05, 4.69) is 13.8 Å². The summed E-state index contributed by atoms with van der Waals surface area (Å²) in [4.78, 5) is 10.4. The molecule has 0 saturated carbocycles. The highest BCUT2D eigenvalue weighted by molar-refractivity contribution is 5.74. The van der Waals surface area contributed by atoms with Crippen molar-refractivity contribution in [3.8, 4) is 0 Å². The summed E-state index contributed by atoms with van der Waals surface area (Å²) in [5, 5.41) is 26.7. The molecule has 0 amide bonds. The van der Waals surface area contributed by atoms with Crippen LogP contribution in [-0.4, -0.2) is 27.1 Å². The molecule has 0 aliphatic heterocycles. The molecule has 0 saturated heterocycles. The van der Waals surface area contributed by atoms with Crippen molar-refractivity contribution < 1.29 is 20.1 Å². The Labute approximate surface area is 116 Å². The van der Waals surface area contributed by atoms with Crippen molar-refractivity contribution in [2.45, 2.75) is 83.8 Å². The molecule has 19 heavy (non-hydrogen) atoms. The van der Waals surface area contributed by atoms with Gasteiger partial charge in [0.1, 0.15) is 0 Å². The van der Waals surface area contributed by atoms with E-state index in [0.717, 1.165) is 25.2 Å². The summed E-state index contributed by atoms with van der Waals surface area (Å²) in [5.41, 5.74) is 0. The van der Waals surface area contributed by atoms with Gasteiger partial charge in [0.2, 0.25) is 0 Å². The van der Waals surface area contributed by atoms with Crippen molar-refractivity contribution in [2.75, 3.05) is 0 Å². The fraction of sp³-hybridized carbons (Fsp3) is 0.933. The maximum absolute atomic E-state index is 10.4. The number of carboxylic acids is 1. The van der Waals surface area contributed by atoms with Gasteiger partial charge >= 0.3 is 5.97 Å². The second-order valence-electron chi connectivity index (χ2n) is 5.88. The van der Waals surface area contributed by atoms with Crippen molar-refractivity contribution in [1.82, 2.24) is 0 Å². The molecule has 0 atom stereocenters. The van der Waals surface area contributed by atoms with E-state index in [1.807, 2.05) is 0 Å². The van der Waals surface area contributed by atoms with Gasteiger partial charge in [-0.05, 0) is 12.3 Å². The third kappa shape index (κ3) is 11.0. The predicted molar refractivity (Wildman–Crippen MR) is 75.8 cm³/mol. The lowest BCUT2D eigenvalue weighted by Gasteiger charge is -2.15. The molecule has 0 aromatic heterocycles. The standard InChI is InChI=1S/C15H30O4/c1-13(2)11-9-7-5-3-4-6-8-10-12-15(18,19)14(16)17/h13,18-19H,3-12H2,1-2H3,(H,16,17). The van der Waals surface area contributed by atoms with Gasteiger partial charge in [0, 0.05) is 6.42 Å². The molecule has 0 aromatic carbocycles. The first kappa shape index (κ1) is 18.4. The number of carbonyl (C=O) groups is 1. The van der Waals surface area contributed by atoms with Crippen molar-refractivity contribution in [3.63, 3.8) is 0 Å². The van der Waals surface area contributed by atoms with Crippen molar-refractivity contribution in [2.24, 2.45) is 5.92 Å². The predicted octanol–water partition coefficient (Wildman–Crippen LogP) is 3.31. The maximum Gasteiger partial charge on any atom is 0.364 e. The Balaban J connectivity index is 3.26. The molecule has 4 nitrogen and oxygen atoms in total. The van der Waals surface area contributed by atoms with Gasteiger partial charge in [-0.25, -0.2) is 4.79 Å². The van der Waals surface area contributed by atoms with Crippen LogP contribution in [0.5, 0.6) is 0 Å². The minimum absolute atomic E-state index is 0.0866. The van der Waals surface area contributed by atoms with Crippen LogP contribution in [0.2, 0.25) is 0 Å². The van der Waals surface area contributed by atoms with Crippen molar-refractivity contribution >= 4 is 5.97 Å². The highest BCUT2D eigenvalue weighted by atomic mass is 16.5. The first-order valence-electron chi connectivity index (χ1n) is 7.54. The molecule has 114 valence electrons. The van der Waals surface area contributed by atoms with Gasteiger partial charge in [-0.3, -0.25) is 0 Å². The lowest BCUT2D eigenvalue weighted by Crippen LogP contribution is -2.37. The Hall–Kier alpha value is -0.610. The van der Waals surface area contributed by atoms with E-state index in [1.165, 1.54) is 32.1 Å². The smallest absolute Gasteiger partial charge is 0.364 e. The molecular formula is C15H30O4. The highest BCUT2D eigenvalue weighted by Crippen LogP contribution is 2.15. The van der Waals surface area contributed by atoms with E-state index >= 15 is 0 Å². The van der Waals surface area contributed by atoms with Gasteiger partial charge in [-0.1, -0.05) is 65.2 Å². The molecule has 4 heteroatoms. The third-order valence-corrected chi connectivity index (χ3v) is 3.40. The molecular weight excluding hydrogens is 244 g/mol. The van der Waals surface area contributed by atoms with Gasteiger partial charge in [-0.2, -0.15) is 0 Å². The van der Waals surface area contributed by atoms with Crippen LogP contribution in [-0.2, 0) is 4.79 Å². The van der Waals surface area contributed by atoms with Crippen LogP contribution in [0.15, 0.2) is 0 Å². The molecule has 0 rings (SSSR count). The summed E-state index contributed by atoms with van der Waals surface area (Å²) in [6, 6.07) is 0. The van der Waals surface area contributed by atoms with Gasteiger partial charge in [0.25, 0.3) is 5.79 Å². The lowest BCUT2D eigenvalue weighted by molar-refractivity contribution is -0.205. The number of hydrogen-bond acceptors (Lipinski definition) is 3. The summed E-state index contributed by atoms with van der Waals surface area (Å²) in [6.07, 6.45) is 9.93. The Kier molecular flexibility index (Phi) is 9.88. The summed E-state index contributed by atoms with van der Waals surface area (Å²) in [6.45, 7) is 4.50. The van der Waals surface area contributed by atoms with Crippen LogP contribution in [0.1, 0.15) is 78.1 Å². The van der Waals surface area contributed by atoms with Gasteiger partial charge < -0.3 is 15.3 Å². The average molecular weight is 274 g/mol. The zero-order chi connectivity index (χ0) is 14.7. The zero-order valence-corrected chi connectivity index (χ0v) is 12.4. The van der Waals surface area contributed by atoms with Crippen LogP contribution in [0.3, 0.4) is 0 Å². The Morgan fingerprint density at radius 1 is 0.895 bits per heavy atom. The summed E-state index contributed by atoms with van der Waals surface area (Å²) in [7, 11) is 0. The number of aliphatic hydroxyl groups is 2. The fourth-order valence-electron chi connectivity index (χ4n) is 2.09. The van der Waals surface area contributed by atoms with E-state index in [4.69, 9.17) is 15.3 Å². The molecule has 0 radical (unpaired) electrons. The van der Waals surface area contributed by atoms with Gasteiger partial charge in [0.15, 0.2) is 0 Å². The van der Waals surface area contributed by atoms with E-state index < -0.39 is 11.8 Å². The average Bonchev–Trinajstić information content (AvgIpc) is 2.30. The number of carboxylic acid groups (broad SMARTS) is 1. The fourth-order valence-corrected chi connectivity index (χ4v) is 2.09. The molecule has 0 heterocycles. The molecule has 0 spiro atoms. The van der Waals surface area contributed by atoms with Crippen LogP contribution >= 0.6 is 0 Å². The van der Waals surface area contributed by atoms with E-state index in [0.29, 0.717) is 6.42 Å². The number of unbranched alkanes of at least 4 members (excludes halogenated alkanes) is 7. The van der Waals surface area contributed by atoms with Gasteiger partial charge in [0.05, 0.1) is 0 Å². The molecule has 3 N–H and O–H groups in total. The summed E-state index contributed by atoms with van der Waals surface area (Å²) < 4.78 is 0. The first-order chi connectivity index (χ1) is 8.86.